The van der Waals surface area contributed by atoms with Crippen molar-refractivity contribution in [2.45, 2.75) is 126 Å². The van der Waals surface area contributed by atoms with Crippen LogP contribution in [0.1, 0.15) is 120 Å². The summed E-state index contributed by atoms with van der Waals surface area (Å²) in [5, 5.41) is 0. The number of rotatable bonds is 2. The number of carbonyl (C=O) groups is 1. The van der Waals surface area contributed by atoms with E-state index < -0.39 is 0 Å². The molecule has 0 saturated heterocycles. The molecular formula is C32H52O2. The minimum absolute atomic E-state index is 0.0459. The van der Waals surface area contributed by atoms with Crippen molar-refractivity contribution in [2.24, 2.45) is 56.7 Å². The van der Waals surface area contributed by atoms with E-state index in [2.05, 4.69) is 61.5 Å². The van der Waals surface area contributed by atoms with Crippen molar-refractivity contribution < 1.29 is 9.53 Å². The normalized spacial score (nSPS) is 51.6. The first-order chi connectivity index (χ1) is 15.7. The maximum absolute atomic E-state index is 11.9. The molecule has 0 bridgehead atoms. The summed E-state index contributed by atoms with van der Waals surface area (Å²) in [6.45, 7) is 22.0. The lowest BCUT2D eigenvalue weighted by atomic mass is 9.34. The Balaban J connectivity index is 1.54. The van der Waals surface area contributed by atoms with Gasteiger partial charge in [0.2, 0.25) is 0 Å². The first-order valence-corrected chi connectivity index (χ1v) is 14.6. The predicted molar refractivity (Wildman–Crippen MR) is 140 cm³/mol. The molecule has 0 aliphatic heterocycles. The average molecular weight is 469 g/mol. The molecule has 9 atom stereocenters. The summed E-state index contributed by atoms with van der Waals surface area (Å²) >= 11 is 0. The topological polar surface area (TPSA) is 26.3 Å². The van der Waals surface area contributed by atoms with E-state index >= 15 is 0 Å². The zero-order valence-corrected chi connectivity index (χ0v) is 23.7. The summed E-state index contributed by atoms with van der Waals surface area (Å²) in [6.07, 6.45) is 14.6. The van der Waals surface area contributed by atoms with E-state index in [1.807, 2.05) is 5.57 Å². The van der Waals surface area contributed by atoms with Crippen LogP contribution in [0.5, 0.6) is 0 Å². The summed E-state index contributed by atoms with van der Waals surface area (Å²) in [5.74, 6) is 3.69. The zero-order valence-electron chi connectivity index (χ0n) is 23.7. The van der Waals surface area contributed by atoms with Crippen LogP contribution in [0, 0.1) is 56.7 Å². The fourth-order valence-electron chi connectivity index (χ4n) is 11.3. The molecule has 2 heteroatoms. The van der Waals surface area contributed by atoms with E-state index in [0.717, 1.165) is 30.1 Å². The minimum atomic E-state index is -0.110. The largest absolute Gasteiger partial charge is 0.462 e. The smallest absolute Gasteiger partial charge is 0.302 e. The van der Waals surface area contributed by atoms with Gasteiger partial charge in [0, 0.05) is 12.3 Å². The standard InChI is InChI=1S/C32H52O2/c1-20(2)22-12-15-29(6)18-19-31(8)23(27(22)29)10-11-25-30(7)16-14-26(34-21(3)33)28(4,5)24(30)13-17-32(25,31)9/h10,20,22,24-27H,11-19H2,1-9H3/t22-,24+,25+,26+,27-,29-,30+,31-,32-/m1/s1. The van der Waals surface area contributed by atoms with Crippen molar-refractivity contribution >= 4 is 5.97 Å². The number of fused-ring (bicyclic) bond motifs is 7. The van der Waals surface area contributed by atoms with Crippen LogP contribution in [0.2, 0.25) is 0 Å². The molecule has 5 aliphatic rings. The van der Waals surface area contributed by atoms with Crippen LogP contribution in [0.3, 0.4) is 0 Å². The van der Waals surface area contributed by atoms with Crippen molar-refractivity contribution in [3.8, 4) is 0 Å². The molecule has 0 radical (unpaired) electrons. The third kappa shape index (κ3) is 3.08. The van der Waals surface area contributed by atoms with Crippen LogP contribution in [0.15, 0.2) is 11.6 Å². The second-order valence-electron chi connectivity index (χ2n) is 15.3. The van der Waals surface area contributed by atoms with Crippen molar-refractivity contribution in [2.75, 3.05) is 0 Å². The molecule has 0 heterocycles. The molecule has 192 valence electrons. The summed E-state index contributed by atoms with van der Waals surface area (Å²) in [5.41, 5.74) is 3.48. The Bertz CT molecular complexity index is 883. The highest BCUT2D eigenvalue weighted by Crippen LogP contribution is 2.76. The monoisotopic (exact) mass is 468 g/mol. The molecule has 0 aromatic carbocycles. The van der Waals surface area contributed by atoms with Crippen molar-refractivity contribution in [3.05, 3.63) is 11.6 Å². The summed E-state index contributed by atoms with van der Waals surface area (Å²) in [6, 6.07) is 0. The second kappa shape index (κ2) is 7.61. The van der Waals surface area contributed by atoms with E-state index in [4.69, 9.17) is 4.74 Å². The molecule has 0 amide bonds. The Morgan fingerprint density at radius 1 is 0.912 bits per heavy atom. The van der Waals surface area contributed by atoms with Crippen LogP contribution < -0.4 is 0 Å². The van der Waals surface area contributed by atoms with E-state index in [1.54, 1.807) is 6.92 Å². The molecular weight excluding hydrogens is 416 g/mol. The first kappa shape index (κ1) is 24.9. The summed E-state index contributed by atoms with van der Waals surface area (Å²) in [4.78, 5) is 11.9. The van der Waals surface area contributed by atoms with Crippen molar-refractivity contribution in [1.29, 1.82) is 0 Å². The second-order valence-corrected chi connectivity index (χ2v) is 15.3. The summed E-state index contributed by atoms with van der Waals surface area (Å²) < 4.78 is 5.91. The van der Waals surface area contributed by atoms with Crippen molar-refractivity contribution in [1.82, 2.24) is 0 Å². The molecule has 0 aromatic rings. The van der Waals surface area contributed by atoms with Gasteiger partial charge in [0.1, 0.15) is 6.10 Å². The highest BCUT2D eigenvalue weighted by atomic mass is 16.5. The third-order valence-electron chi connectivity index (χ3n) is 13.4. The SMILES string of the molecule is CC(=O)O[C@H]1CC[C@@]2(C)[C@@H](CC[C@]3(C)[C@H]2CC=C2[C@H]4[C@@H](C(C)C)CC[C@]4(C)CC[C@]23C)C1(C)C. The Labute approximate surface area is 210 Å². The minimum Gasteiger partial charge on any atom is -0.462 e. The molecule has 2 nitrogen and oxygen atoms in total. The van der Waals surface area contributed by atoms with E-state index in [-0.39, 0.29) is 17.5 Å². The van der Waals surface area contributed by atoms with Crippen LogP contribution in [-0.2, 0) is 9.53 Å². The number of esters is 1. The van der Waals surface area contributed by atoms with Gasteiger partial charge < -0.3 is 4.74 Å². The van der Waals surface area contributed by atoms with Gasteiger partial charge in [0.25, 0.3) is 0 Å². The van der Waals surface area contributed by atoms with Gasteiger partial charge in [-0.25, -0.2) is 0 Å². The molecule has 4 fully saturated rings. The molecule has 4 saturated carbocycles. The number of carbonyl (C=O) groups excluding carboxylic acids is 1. The molecule has 34 heavy (non-hydrogen) atoms. The van der Waals surface area contributed by atoms with Gasteiger partial charge in [-0.2, -0.15) is 0 Å². The Hall–Kier alpha value is -0.790. The number of allylic oxidation sites excluding steroid dienone is 2. The Morgan fingerprint density at radius 3 is 2.26 bits per heavy atom. The van der Waals surface area contributed by atoms with Crippen LogP contribution >= 0.6 is 0 Å². The molecule has 0 unspecified atom stereocenters. The van der Waals surface area contributed by atoms with Crippen molar-refractivity contribution in [3.63, 3.8) is 0 Å². The predicted octanol–water partition coefficient (Wildman–Crippen LogP) is 8.60. The van der Waals surface area contributed by atoms with E-state index in [9.17, 15) is 4.79 Å². The molecule has 5 rings (SSSR count). The fraction of sp³-hybridized carbons (Fsp3) is 0.906. The fourth-order valence-corrected chi connectivity index (χ4v) is 11.3. The Kier molecular flexibility index (Phi) is 5.57. The quantitative estimate of drug-likeness (QED) is 0.299. The maximum atomic E-state index is 11.9. The average Bonchev–Trinajstić information content (AvgIpc) is 3.08. The Morgan fingerprint density at radius 2 is 1.62 bits per heavy atom. The zero-order chi connectivity index (χ0) is 24.9. The lowest BCUT2D eigenvalue weighted by Crippen LogP contribution is -2.64. The van der Waals surface area contributed by atoms with E-state index in [1.165, 1.54) is 51.4 Å². The van der Waals surface area contributed by atoms with Gasteiger partial charge in [-0.05, 0) is 109 Å². The third-order valence-corrected chi connectivity index (χ3v) is 13.4. The summed E-state index contributed by atoms with van der Waals surface area (Å²) in [7, 11) is 0. The molecule has 0 spiro atoms. The van der Waals surface area contributed by atoms with Crippen LogP contribution in [0.25, 0.3) is 0 Å². The van der Waals surface area contributed by atoms with Crippen LogP contribution in [0.4, 0.5) is 0 Å². The first-order valence-electron chi connectivity index (χ1n) is 14.6. The maximum Gasteiger partial charge on any atom is 0.302 e. The van der Waals surface area contributed by atoms with E-state index in [0.29, 0.717) is 27.6 Å². The number of ether oxygens (including phenoxy) is 1. The van der Waals surface area contributed by atoms with Gasteiger partial charge in [-0.1, -0.05) is 67.0 Å². The van der Waals surface area contributed by atoms with Gasteiger partial charge >= 0.3 is 5.97 Å². The molecule has 0 aromatic heterocycles. The van der Waals surface area contributed by atoms with Gasteiger partial charge in [0.15, 0.2) is 0 Å². The van der Waals surface area contributed by atoms with Gasteiger partial charge in [-0.3, -0.25) is 4.79 Å². The molecule has 5 aliphatic carbocycles. The number of hydrogen-bond donors (Lipinski definition) is 0. The number of hydrogen-bond acceptors (Lipinski definition) is 2. The lowest BCUT2D eigenvalue weighted by molar-refractivity contribution is -0.210. The highest BCUT2D eigenvalue weighted by molar-refractivity contribution is 5.66. The highest BCUT2D eigenvalue weighted by Gasteiger charge is 2.68. The molecule has 0 N–H and O–H groups in total. The van der Waals surface area contributed by atoms with Crippen LogP contribution in [-0.4, -0.2) is 12.1 Å². The van der Waals surface area contributed by atoms with Gasteiger partial charge in [-0.15, -0.1) is 0 Å². The van der Waals surface area contributed by atoms with Gasteiger partial charge in [0.05, 0.1) is 0 Å². The lowest BCUT2D eigenvalue weighted by Gasteiger charge is -2.70.